The minimum Gasteiger partial charge on any atom is -0.430 e. The fraction of sp³-hybridized carbons (Fsp3) is 0.889. The summed E-state index contributed by atoms with van der Waals surface area (Å²) in [6.07, 6.45) is 1.78. The quantitative estimate of drug-likeness (QED) is 0.542. The van der Waals surface area contributed by atoms with E-state index in [1.165, 1.54) is 0 Å². The third kappa shape index (κ3) is 2.65. The van der Waals surface area contributed by atoms with Crippen LogP contribution in [-0.2, 0) is 23.8 Å². The van der Waals surface area contributed by atoms with Crippen molar-refractivity contribution in [3.8, 4) is 0 Å². The summed E-state index contributed by atoms with van der Waals surface area (Å²) in [5.74, 6) is 0. The van der Waals surface area contributed by atoms with Gasteiger partial charge in [-0.1, -0.05) is 12.8 Å². The van der Waals surface area contributed by atoms with Crippen molar-refractivity contribution in [3.63, 3.8) is 0 Å². The lowest BCUT2D eigenvalue weighted by Crippen LogP contribution is -2.26. The Morgan fingerprint density at radius 2 is 2.00 bits per heavy atom. The molecular formula is C9H14O6S. The molecule has 0 aromatic heterocycles. The van der Waals surface area contributed by atoms with Gasteiger partial charge in [0, 0.05) is 0 Å². The summed E-state index contributed by atoms with van der Waals surface area (Å²) < 4.78 is 37.4. The van der Waals surface area contributed by atoms with Crippen LogP contribution in [-0.4, -0.2) is 39.1 Å². The predicted molar refractivity (Wildman–Crippen MR) is 53.3 cm³/mol. The molecule has 7 heteroatoms. The molecule has 0 bridgehead atoms. The molecule has 2 fully saturated rings. The molecule has 1 aliphatic carbocycles. The number of rotatable bonds is 4. The summed E-state index contributed by atoms with van der Waals surface area (Å²) >= 11 is 0. The largest absolute Gasteiger partial charge is 0.508 e. The number of hydrogen-bond acceptors (Lipinski definition) is 6. The van der Waals surface area contributed by atoms with Crippen LogP contribution in [0.2, 0.25) is 0 Å². The third-order valence-electron chi connectivity index (χ3n) is 2.78. The molecule has 2 rings (SSSR count). The Bertz CT molecular complexity index is 356. The summed E-state index contributed by atoms with van der Waals surface area (Å²) in [5, 5.41) is -0.398. The molecule has 92 valence electrons. The Morgan fingerprint density at radius 3 is 2.56 bits per heavy atom. The van der Waals surface area contributed by atoms with Crippen molar-refractivity contribution in [1.29, 1.82) is 0 Å². The van der Waals surface area contributed by atoms with Crippen LogP contribution in [0.15, 0.2) is 0 Å². The first-order valence-corrected chi connectivity index (χ1v) is 6.77. The highest BCUT2D eigenvalue weighted by atomic mass is 32.2. The van der Waals surface area contributed by atoms with Crippen LogP contribution in [0.3, 0.4) is 0 Å². The maximum atomic E-state index is 11.7. The lowest BCUT2D eigenvalue weighted by molar-refractivity contribution is 0.0992. The van der Waals surface area contributed by atoms with Gasteiger partial charge in [-0.25, -0.2) is 4.79 Å². The number of carbonyl (C=O) groups excluding carboxylic acids is 1. The van der Waals surface area contributed by atoms with Crippen molar-refractivity contribution in [3.05, 3.63) is 0 Å². The maximum absolute atomic E-state index is 11.7. The molecule has 0 spiro atoms. The van der Waals surface area contributed by atoms with E-state index in [9.17, 15) is 13.2 Å². The van der Waals surface area contributed by atoms with Crippen LogP contribution < -0.4 is 0 Å². The van der Waals surface area contributed by atoms with Crippen molar-refractivity contribution in [2.24, 2.45) is 0 Å². The molecule has 6 nitrogen and oxygen atoms in total. The molecular weight excluding hydrogens is 236 g/mol. The van der Waals surface area contributed by atoms with E-state index in [0.717, 1.165) is 12.8 Å². The van der Waals surface area contributed by atoms with Gasteiger partial charge in [-0.2, -0.15) is 8.42 Å². The molecule has 1 saturated heterocycles. The second-order valence-electron chi connectivity index (χ2n) is 3.98. The molecule has 1 saturated carbocycles. The zero-order chi connectivity index (χ0) is 11.6. The van der Waals surface area contributed by atoms with Crippen molar-refractivity contribution in [1.82, 2.24) is 0 Å². The zero-order valence-corrected chi connectivity index (χ0v) is 9.57. The van der Waals surface area contributed by atoms with Crippen molar-refractivity contribution < 1.29 is 26.9 Å². The highest BCUT2D eigenvalue weighted by molar-refractivity contribution is 7.87. The van der Waals surface area contributed by atoms with E-state index < -0.39 is 27.6 Å². The van der Waals surface area contributed by atoms with Gasteiger partial charge in [0.1, 0.15) is 13.2 Å². The Balaban J connectivity index is 1.82. The minimum atomic E-state index is -3.51. The molecule has 1 aliphatic heterocycles. The molecule has 0 N–H and O–H groups in total. The van der Waals surface area contributed by atoms with E-state index in [1.54, 1.807) is 0 Å². The third-order valence-corrected chi connectivity index (χ3v) is 4.53. The second kappa shape index (κ2) is 4.58. The van der Waals surface area contributed by atoms with Crippen LogP contribution >= 0.6 is 0 Å². The average Bonchev–Trinajstić information content (AvgIpc) is 2.85. The zero-order valence-electron chi connectivity index (χ0n) is 8.76. The fourth-order valence-corrected chi connectivity index (χ4v) is 3.34. The predicted octanol–water partition coefficient (Wildman–Crippen LogP) is 0.811. The first-order valence-electron chi connectivity index (χ1n) is 5.29. The molecule has 1 heterocycles. The first-order chi connectivity index (χ1) is 7.58. The average molecular weight is 250 g/mol. The van der Waals surface area contributed by atoms with Gasteiger partial charge < -0.3 is 9.47 Å². The molecule has 0 radical (unpaired) electrons. The number of ether oxygens (including phenoxy) is 2. The Morgan fingerprint density at radius 1 is 1.31 bits per heavy atom. The van der Waals surface area contributed by atoms with Gasteiger partial charge in [0.2, 0.25) is 0 Å². The number of hydrogen-bond donors (Lipinski definition) is 0. The number of cyclic esters (lactones) is 2. The van der Waals surface area contributed by atoms with Crippen molar-refractivity contribution >= 4 is 16.3 Å². The molecule has 0 aromatic carbocycles. The lowest BCUT2D eigenvalue weighted by atomic mass is 10.4. The summed E-state index contributed by atoms with van der Waals surface area (Å²) in [5.41, 5.74) is 0. The first kappa shape index (κ1) is 11.7. The molecule has 16 heavy (non-hydrogen) atoms. The second-order valence-corrected chi connectivity index (χ2v) is 5.87. The highest BCUT2D eigenvalue weighted by Crippen LogP contribution is 2.26. The summed E-state index contributed by atoms with van der Waals surface area (Å²) in [6, 6.07) is 0. The van der Waals surface area contributed by atoms with E-state index in [0.29, 0.717) is 12.8 Å². The van der Waals surface area contributed by atoms with E-state index in [4.69, 9.17) is 4.18 Å². The summed E-state index contributed by atoms with van der Waals surface area (Å²) in [4.78, 5) is 10.6. The summed E-state index contributed by atoms with van der Waals surface area (Å²) in [7, 11) is -3.51. The topological polar surface area (TPSA) is 78.9 Å². The monoisotopic (exact) mass is 250 g/mol. The van der Waals surface area contributed by atoms with Crippen LogP contribution in [0, 0.1) is 0 Å². The fourth-order valence-electron chi connectivity index (χ4n) is 1.89. The Labute approximate surface area is 94.0 Å². The van der Waals surface area contributed by atoms with Crippen molar-refractivity contribution in [2.45, 2.75) is 37.0 Å². The van der Waals surface area contributed by atoms with Gasteiger partial charge in [-0.15, -0.1) is 0 Å². The van der Waals surface area contributed by atoms with Gasteiger partial charge in [0.05, 0.1) is 5.25 Å². The Hall–Kier alpha value is -0.820. The standard InChI is InChI=1S/C9H14O6S/c10-9-13-5-7(15-9)6-14-16(11,12)8-3-1-2-4-8/h7-8H,1-6H2. The smallest absolute Gasteiger partial charge is 0.430 e. The van der Waals surface area contributed by atoms with Gasteiger partial charge in [0.15, 0.2) is 6.10 Å². The van der Waals surface area contributed by atoms with Crippen LogP contribution in [0.1, 0.15) is 25.7 Å². The maximum Gasteiger partial charge on any atom is 0.508 e. The summed E-state index contributed by atoms with van der Waals surface area (Å²) in [6.45, 7) is -0.0937. The molecule has 1 unspecified atom stereocenters. The van der Waals surface area contributed by atoms with Crippen molar-refractivity contribution in [2.75, 3.05) is 13.2 Å². The van der Waals surface area contributed by atoms with Gasteiger partial charge in [0.25, 0.3) is 10.1 Å². The van der Waals surface area contributed by atoms with Crippen LogP contribution in [0.25, 0.3) is 0 Å². The number of carbonyl (C=O) groups is 1. The molecule has 1 atom stereocenters. The normalized spacial score (nSPS) is 26.8. The van der Waals surface area contributed by atoms with Gasteiger partial charge in [-0.3, -0.25) is 4.18 Å². The molecule has 2 aliphatic rings. The SMILES string of the molecule is O=C1OCC(COS(=O)(=O)C2CCCC2)O1. The van der Waals surface area contributed by atoms with Gasteiger partial charge in [-0.05, 0) is 12.8 Å². The Kier molecular flexibility index (Phi) is 3.34. The molecule has 0 amide bonds. The van der Waals surface area contributed by atoms with Crippen LogP contribution in [0.5, 0.6) is 0 Å². The van der Waals surface area contributed by atoms with E-state index >= 15 is 0 Å². The van der Waals surface area contributed by atoms with E-state index in [1.807, 2.05) is 0 Å². The van der Waals surface area contributed by atoms with Gasteiger partial charge >= 0.3 is 6.16 Å². The van der Waals surface area contributed by atoms with E-state index in [2.05, 4.69) is 9.47 Å². The molecule has 0 aromatic rings. The van der Waals surface area contributed by atoms with E-state index in [-0.39, 0.29) is 13.2 Å². The highest BCUT2D eigenvalue weighted by Gasteiger charge is 2.32. The van der Waals surface area contributed by atoms with Crippen LogP contribution in [0.4, 0.5) is 4.79 Å². The minimum absolute atomic E-state index is 0.0546. The lowest BCUT2D eigenvalue weighted by Gasteiger charge is -2.12.